The van der Waals surface area contributed by atoms with E-state index in [-0.39, 0.29) is 5.96 Å². The number of ether oxygens (including phenoxy) is 2. The molecule has 0 saturated heterocycles. The number of pyridine rings is 2. The number of rotatable bonds is 8. The molecule has 8 heteroatoms. The van der Waals surface area contributed by atoms with E-state index in [1.807, 2.05) is 32.0 Å². The third-order valence-corrected chi connectivity index (χ3v) is 3.02. The summed E-state index contributed by atoms with van der Waals surface area (Å²) < 4.78 is 10.9. The van der Waals surface area contributed by atoms with Crippen LogP contribution in [-0.2, 0) is 6.54 Å². The maximum atomic E-state index is 5.82. The number of aliphatic imine (C=N–C) groups is 1. The van der Waals surface area contributed by atoms with Crippen LogP contribution in [0.4, 0.5) is 0 Å². The van der Waals surface area contributed by atoms with Crippen LogP contribution in [0.5, 0.6) is 11.8 Å². The van der Waals surface area contributed by atoms with Crippen LogP contribution in [-0.4, -0.2) is 35.4 Å². The highest BCUT2D eigenvalue weighted by atomic mass is 16.5. The number of hydrogen-bond donors (Lipinski definition) is 2. The summed E-state index contributed by atoms with van der Waals surface area (Å²) in [7, 11) is 0. The Kier molecular flexibility index (Phi) is 7.17. The van der Waals surface area contributed by atoms with Crippen molar-refractivity contribution in [3.05, 3.63) is 47.8 Å². The van der Waals surface area contributed by atoms with Gasteiger partial charge >= 0.3 is 0 Å². The molecular formula is C17H22N6O2. The quantitative estimate of drug-likeness (QED) is 0.430. The molecule has 132 valence electrons. The molecule has 0 radical (unpaired) electrons. The average molecular weight is 342 g/mol. The van der Waals surface area contributed by atoms with Crippen molar-refractivity contribution in [2.75, 3.05) is 13.2 Å². The maximum absolute atomic E-state index is 5.82. The van der Waals surface area contributed by atoms with Crippen LogP contribution in [0.3, 0.4) is 0 Å². The fourth-order valence-electron chi connectivity index (χ4n) is 1.94. The van der Waals surface area contributed by atoms with Crippen molar-refractivity contribution in [1.29, 1.82) is 0 Å². The molecule has 25 heavy (non-hydrogen) atoms. The van der Waals surface area contributed by atoms with Crippen LogP contribution in [0.1, 0.15) is 25.0 Å². The van der Waals surface area contributed by atoms with Crippen molar-refractivity contribution in [1.82, 2.24) is 15.4 Å². The van der Waals surface area contributed by atoms with Gasteiger partial charge in [0.15, 0.2) is 0 Å². The Hall–Kier alpha value is -3.16. The Balaban J connectivity index is 1.96. The maximum Gasteiger partial charge on any atom is 0.222 e. The molecule has 0 saturated carbocycles. The fourth-order valence-corrected chi connectivity index (χ4v) is 1.94. The van der Waals surface area contributed by atoms with Gasteiger partial charge in [-0.1, -0.05) is 6.07 Å². The summed E-state index contributed by atoms with van der Waals surface area (Å²) in [6.45, 7) is 5.21. The lowest BCUT2D eigenvalue weighted by Gasteiger charge is -2.07. The standard InChI is InChI=1S/C17H22N6O2/c1-3-24-15-13(7-5-9-19-15)11-21-17(18)23-22-12-14-8-6-10-20-16(14)25-4-2/h5-10,12H,3-4,11H2,1-2H3,(H3,18,21,23)/b22-12+. The van der Waals surface area contributed by atoms with Crippen molar-refractivity contribution in [3.63, 3.8) is 0 Å². The zero-order chi connectivity index (χ0) is 17.9. The van der Waals surface area contributed by atoms with Gasteiger partial charge in [-0.25, -0.2) is 20.4 Å². The summed E-state index contributed by atoms with van der Waals surface area (Å²) in [5.41, 5.74) is 10.1. The van der Waals surface area contributed by atoms with Crippen molar-refractivity contribution < 1.29 is 9.47 Å². The number of guanidine groups is 1. The first-order valence-electron chi connectivity index (χ1n) is 7.98. The second kappa shape index (κ2) is 9.86. The number of hydrogen-bond acceptors (Lipinski definition) is 6. The van der Waals surface area contributed by atoms with E-state index in [1.54, 1.807) is 24.7 Å². The van der Waals surface area contributed by atoms with Gasteiger partial charge in [0.1, 0.15) is 0 Å². The van der Waals surface area contributed by atoms with Gasteiger partial charge in [-0.05, 0) is 32.0 Å². The summed E-state index contributed by atoms with van der Waals surface area (Å²) in [6.07, 6.45) is 4.92. The molecule has 2 heterocycles. The highest BCUT2D eigenvalue weighted by Gasteiger charge is 2.03. The summed E-state index contributed by atoms with van der Waals surface area (Å²) >= 11 is 0. The third-order valence-electron chi connectivity index (χ3n) is 3.02. The topological polar surface area (TPSA) is 107 Å². The van der Waals surface area contributed by atoms with Gasteiger partial charge in [-0.3, -0.25) is 0 Å². The molecule has 2 rings (SSSR count). The number of hydrazone groups is 1. The Morgan fingerprint density at radius 3 is 2.56 bits per heavy atom. The van der Waals surface area contributed by atoms with E-state index in [0.717, 1.165) is 11.1 Å². The summed E-state index contributed by atoms with van der Waals surface area (Å²) in [5.74, 6) is 1.26. The molecule has 2 aromatic heterocycles. The molecule has 0 bridgehead atoms. The van der Waals surface area contributed by atoms with Crippen LogP contribution < -0.4 is 20.6 Å². The molecule has 0 aromatic carbocycles. The molecule has 8 nitrogen and oxygen atoms in total. The van der Waals surface area contributed by atoms with Gasteiger partial charge in [-0.15, -0.1) is 0 Å². The first-order chi connectivity index (χ1) is 12.2. The molecule has 0 atom stereocenters. The first kappa shape index (κ1) is 18.2. The first-order valence-corrected chi connectivity index (χ1v) is 7.98. The predicted molar refractivity (Wildman–Crippen MR) is 96.9 cm³/mol. The minimum atomic E-state index is 0.185. The monoisotopic (exact) mass is 342 g/mol. The summed E-state index contributed by atoms with van der Waals surface area (Å²) in [5, 5.41) is 4.06. The van der Waals surface area contributed by atoms with Crippen LogP contribution >= 0.6 is 0 Å². The Morgan fingerprint density at radius 1 is 1.12 bits per heavy atom. The lowest BCUT2D eigenvalue weighted by atomic mass is 10.3. The number of nitrogens with zero attached hydrogens (tertiary/aromatic N) is 4. The fraction of sp³-hybridized carbons (Fsp3) is 0.294. The van der Waals surface area contributed by atoms with Gasteiger partial charge in [0, 0.05) is 18.0 Å². The van der Waals surface area contributed by atoms with Gasteiger partial charge in [-0.2, -0.15) is 5.10 Å². The Bertz CT molecular complexity index is 733. The summed E-state index contributed by atoms with van der Waals surface area (Å²) in [6, 6.07) is 7.37. The number of nitrogens with one attached hydrogen (secondary N) is 1. The van der Waals surface area contributed by atoms with E-state index in [9.17, 15) is 0 Å². The van der Waals surface area contributed by atoms with Gasteiger partial charge in [0.2, 0.25) is 17.7 Å². The normalized spacial score (nSPS) is 11.5. The van der Waals surface area contributed by atoms with Crippen LogP contribution in [0.25, 0.3) is 0 Å². The third kappa shape index (κ3) is 5.76. The van der Waals surface area contributed by atoms with E-state index in [4.69, 9.17) is 15.2 Å². The number of nitrogens with two attached hydrogens (primary N) is 1. The predicted octanol–water partition coefficient (Wildman–Crippen LogP) is 1.71. The Labute approximate surface area is 146 Å². The lowest BCUT2D eigenvalue weighted by molar-refractivity contribution is 0.323. The molecule has 0 aliphatic carbocycles. The van der Waals surface area contributed by atoms with Gasteiger partial charge < -0.3 is 15.2 Å². The Morgan fingerprint density at radius 2 is 1.80 bits per heavy atom. The lowest BCUT2D eigenvalue weighted by Crippen LogP contribution is -2.27. The van der Waals surface area contributed by atoms with Gasteiger partial charge in [0.05, 0.1) is 31.5 Å². The largest absolute Gasteiger partial charge is 0.478 e. The smallest absolute Gasteiger partial charge is 0.222 e. The second-order valence-electron chi connectivity index (χ2n) is 4.80. The molecule has 0 aliphatic heterocycles. The molecule has 0 spiro atoms. The highest BCUT2D eigenvalue weighted by molar-refractivity contribution is 5.84. The van der Waals surface area contributed by atoms with Crippen LogP contribution in [0, 0.1) is 0 Å². The second-order valence-corrected chi connectivity index (χ2v) is 4.80. The average Bonchev–Trinajstić information content (AvgIpc) is 2.63. The van der Waals surface area contributed by atoms with Crippen molar-refractivity contribution in [2.45, 2.75) is 20.4 Å². The molecule has 3 N–H and O–H groups in total. The number of aromatic nitrogens is 2. The molecule has 0 unspecified atom stereocenters. The SMILES string of the molecule is CCOc1ncccc1/C=N/NC(N)=NCc1cccnc1OCC. The highest BCUT2D eigenvalue weighted by Crippen LogP contribution is 2.15. The van der Waals surface area contributed by atoms with Crippen molar-refractivity contribution in [2.24, 2.45) is 15.8 Å². The van der Waals surface area contributed by atoms with Crippen LogP contribution in [0.15, 0.2) is 46.8 Å². The van der Waals surface area contributed by atoms with E-state index >= 15 is 0 Å². The van der Waals surface area contributed by atoms with E-state index in [0.29, 0.717) is 31.5 Å². The minimum Gasteiger partial charge on any atom is -0.478 e. The van der Waals surface area contributed by atoms with Crippen molar-refractivity contribution >= 4 is 12.2 Å². The molecule has 0 amide bonds. The van der Waals surface area contributed by atoms with E-state index in [2.05, 4.69) is 25.5 Å². The molecular weight excluding hydrogens is 320 g/mol. The van der Waals surface area contributed by atoms with E-state index < -0.39 is 0 Å². The van der Waals surface area contributed by atoms with E-state index in [1.165, 1.54) is 0 Å². The van der Waals surface area contributed by atoms with Crippen molar-refractivity contribution in [3.8, 4) is 11.8 Å². The van der Waals surface area contributed by atoms with Gasteiger partial charge in [0.25, 0.3) is 0 Å². The molecule has 0 fully saturated rings. The van der Waals surface area contributed by atoms with Crippen LogP contribution in [0.2, 0.25) is 0 Å². The minimum absolute atomic E-state index is 0.185. The molecule has 0 aliphatic rings. The zero-order valence-electron chi connectivity index (χ0n) is 14.3. The zero-order valence-corrected chi connectivity index (χ0v) is 14.3. The molecule has 2 aromatic rings. The summed E-state index contributed by atoms with van der Waals surface area (Å²) in [4.78, 5) is 12.5.